The van der Waals surface area contributed by atoms with Crippen LogP contribution in [0.25, 0.3) is 0 Å². The van der Waals surface area contributed by atoms with Gasteiger partial charge in [0.1, 0.15) is 11.6 Å². The van der Waals surface area contributed by atoms with Crippen LogP contribution in [0.5, 0.6) is 0 Å². The second kappa shape index (κ2) is 4.56. The number of hydrogen-bond donors (Lipinski definition) is 3. The van der Waals surface area contributed by atoms with Crippen LogP contribution in [-0.4, -0.2) is 15.0 Å². The lowest BCUT2D eigenvalue weighted by atomic mass is 10.3. The van der Waals surface area contributed by atoms with Gasteiger partial charge in [0.15, 0.2) is 0 Å². The van der Waals surface area contributed by atoms with Crippen molar-refractivity contribution in [1.82, 2.24) is 20.3 Å². The lowest BCUT2D eigenvalue weighted by Gasteiger charge is -2.02. The number of rotatable bonds is 4. The summed E-state index contributed by atoms with van der Waals surface area (Å²) in [5, 5.41) is 3.23. The number of anilines is 1. The third-order valence-corrected chi connectivity index (χ3v) is 2.00. The average Bonchev–Trinajstić information content (AvgIpc) is 2.71. The number of nitrogens with one attached hydrogen (secondary N) is 2. The molecular weight excluding hydrogens is 190 g/mol. The lowest BCUT2D eigenvalue weighted by Crippen LogP contribution is -2.14. The highest BCUT2D eigenvalue weighted by molar-refractivity contribution is 5.24. The van der Waals surface area contributed by atoms with E-state index in [4.69, 9.17) is 5.73 Å². The number of hydrogen-bond acceptors (Lipinski definition) is 4. The highest BCUT2D eigenvalue weighted by atomic mass is 15.0. The second-order valence-electron chi connectivity index (χ2n) is 3.22. The molecule has 2 aromatic rings. The minimum Gasteiger partial charge on any atom is -0.384 e. The van der Waals surface area contributed by atoms with Crippen LogP contribution >= 0.6 is 0 Å². The van der Waals surface area contributed by atoms with Crippen molar-refractivity contribution in [2.75, 3.05) is 5.73 Å². The van der Waals surface area contributed by atoms with Gasteiger partial charge < -0.3 is 16.0 Å². The zero-order valence-electron chi connectivity index (χ0n) is 8.27. The van der Waals surface area contributed by atoms with Crippen LogP contribution < -0.4 is 11.1 Å². The van der Waals surface area contributed by atoms with Gasteiger partial charge in [0.25, 0.3) is 0 Å². The number of nitrogens with zero attached hydrogens (tertiary/aromatic N) is 2. The predicted molar refractivity (Wildman–Crippen MR) is 57.8 cm³/mol. The van der Waals surface area contributed by atoms with Crippen LogP contribution in [0.2, 0.25) is 0 Å². The zero-order chi connectivity index (χ0) is 10.5. The van der Waals surface area contributed by atoms with E-state index in [-0.39, 0.29) is 0 Å². The van der Waals surface area contributed by atoms with Gasteiger partial charge in [-0.3, -0.25) is 0 Å². The molecule has 0 aliphatic carbocycles. The fraction of sp³-hybridized carbons (Fsp3) is 0.200. The molecule has 0 aliphatic rings. The number of nitrogen functional groups attached to an aromatic ring is 1. The van der Waals surface area contributed by atoms with Crippen LogP contribution in [0.3, 0.4) is 0 Å². The summed E-state index contributed by atoms with van der Waals surface area (Å²) in [6, 6.07) is 3.70. The van der Waals surface area contributed by atoms with E-state index in [2.05, 4.69) is 20.3 Å². The maximum Gasteiger partial charge on any atom is 0.144 e. The van der Waals surface area contributed by atoms with Gasteiger partial charge in [-0.15, -0.1) is 0 Å². The van der Waals surface area contributed by atoms with Gasteiger partial charge in [-0.2, -0.15) is 0 Å². The average molecular weight is 203 g/mol. The van der Waals surface area contributed by atoms with Crippen molar-refractivity contribution in [3.63, 3.8) is 0 Å². The predicted octanol–water partition coefficient (Wildman–Crippen LogP) is 0.677. The summed E-state index contributed by atoms with van der Waals surface area (Å²) in [6.07, 6.45) is 5.51. The van der Waals surface area contributed by atoms with Crippen molar-refractivity contribution in [3.8, 4) is 0 Å². The Balaban J connectivity index is 1.83. The van der Waals surface area contributed by atoms with Crippen molar-refractivity contribution in [1.29, 1.82) is 0 Å². The van der Waals surface area contributed by atoms with Gasteiger partial charge in [-0.1, -0.05) is 0 Å². The molecule has 0 aliphatic heterocycles. The Morgan fingerprint density at radius 3 is 3.00 bits per heavy atom. The molecule has 2 rings (SSSR count). The summed E-state index contributed by atoms with van der Waals surface area (Å²) in [7, 11) is 0. The monoisotopic (exact) mass is 203 g/mol. The van der Waals surface area contributed by atoms with E-state index < -0.39 is 0 Å². The topological polar surface area (TPSA) is 79.6 Å². The number of H-pyrrole nitrogens is 1. The second-order valence-corrected chi connectivity index (χ2v) is 3.22. The molecule has 0 unspecified atom stereocenters. The third kappa shape index (κ3) is 2.78. The van der Waals surface area contributed by atoms with Crippen LogP contribution in [0, 0.1) is 0 Å². The Hall–Kier alpha value is -1.88. The molecule has 0 aromatic carbocycles. The molecule has 0 saturated carbocycles. The van der Waals surface area contributed by atoms with E-state index in [1.807, 2.05) is 18.5 Å². The Kier molecular flexibility index (Phi) is 2.94. The highest BCUT2D eigenvalue weighted by Crippen LogP contribution is 1.98. The summed E-state index contributed by atoms with van der Waals surface area (Å²) >= 11 is 0. The smallest absolute Gasteiger partial charge is 0.144 e. The maximum absolute atomic E-state index is 5.54. The summed E-state index contributed by atoms with van der Waals surface area (Å²) in [6.45, 7) is 1.41. The Labute approximate surface area is 87.8 Å². The first kappa shape index (κ1) is 9.67. The first-order valence-corrected chi connectivity index (χ1v) is 4.74. The molecule has 78 valence electrons. The molecule has 0 saturated heterocycles. The van der Waals surface area contributed by atoms with Crippen molar-refractivity contribution in [2.45, 2.75) is 13.1 Å². The molecule has 4 N–H and O–H groups in total. The third-order valence-electron chi connectivity index (χ3n) is 2.00. The first-order chi connectivity index (χ1) is 7.34. The molecule has 5 heteroatoms. The minimum atomic E-state index is 0.503. The molecule has 0 atom stereocenters. The Bertz CT molecular complexity index is 410. The van der Waals surface area contributed by atoms with E-state index in [0.29, 0.717) is 18.2 Å². The summed E-state index contributed by atoms with van der Waals surface area (Å²) < 4.78 is 0. The lowest BCUT2D eigenvalue weighted by molar-refractivity contribution is 0.663. The van der Waals surface area contributed by atoms with Gasteiger partial charge in [-0.25, -0.2) is 9.97 Å². The minimum absolute atomic E-state index is 0.503. The molecule has 2 heterocycles. The number of aromatic nitrogens is 3. The molecule has 0 spiro atoms. The van der Waals surface area contributed by atoms with Crippen molar-refractivity contribution in [2.24, 2.45) is 0 Å². The molecule has 0 bridgehead atoms. The zero-order valence-corrected chi connectivity index (χ0v) is 8.27. The van der Waals surface area contributed by atoms with Crippen molar-refractivity contribution >= 4 is 5.82 Å². The van der Waals surface area contributed by atoms with Crippen molar-refractivity contribution < 1.29 is 0 Å². The Morgan fingerprint density at radius 1 is 1.33 bits per heavy atom. The summed E-state index contributed by atoms with van der Waals surface area (Å²) in [5.74, 6) is 1.22. The van der Waals surface area contributed by atoms with E-state index in [9.17, 15) is 0 Å². The largest absolute Gasteiger partial charge is 0.384 e. The SMILES string of the molecule is Nc1ccnc(CNCc2cc[nH]c2)n1. The fourth-order valence-electron chi connectivity index (χ4n) is 1.29. The standard InChI is InChI=1S/C10H13N5/c11-9-2-4-14-10(15-9)7-13-6-8-1-3-12-5-8/h1-5,12-13H,6-7H2,(H2,11,14,15). The highest BCUT2D eigenvalue weighted by Gasteiger charge is 1.97. The van der Waals surface area contributed by atoms with Crippen molar-refractivity contribution in [3.05, 3.63) is 42.1 Å². The molecule has 0 radical (unpaired) electrons. The first-order valence-electron chi connectivity index (χ1n) is 4.74. The van der Waals surface area contributed by atoms with E-state index in [1.165, 1.54) is 5.56 Å². The van der Waals surface area contributed by atoms with Crippen LogP contribution in [-0.2, 0) is 13.1 Å². The Morgan fingerprint density at radius 2 is 2.27 bits per heavy atom. The quantitative estimate of drug-likeness (QED) is 0.682. The normalized spacial score (nSPS) is 10.4. The van der Waals surface area contributed by atoms with E-state index in [1.54, 1.807) is 12.3 Å². The van der Waals surface area contributed by atoms with Crippen LogP contribution in [0.15, 0.2) is 30.7 Å². The van der Waals surface area contributed by atoms with Gasteiger partial charge in [0, 0.05) is 25.1 Å². The number of nitrogens with two attached hydrogens (primary N) is 1. The van der Waals surface area contributed by atoms with Crippen LogP contribution in [0.1, 0.15) is 11.4 Å². The van der Waals surface area contributed by atoms with Crippen LogP contribution in [0.4, 0.5) is 5.82 Å². The van der Waals surface area contributed by atoms with Gasteiger partial charge >= 0.3 is 0 Å². The molecule has 2 aromatic heterocycles. The summed E-state index contributed by atoms with van der Waals surface area (Å²) in [4.78, 5) is 11.2. The molecule has 5 nitrogen and oxygen atoms in total. The number of aromatic amines is 1. The summed E-state index contributed by atoms with van der Waals surface area (Å²) in [5.41, 5.74) is 6.75. The van der Waals surface area contributed by atoms with E-state index in [0.717, 1.165) is 6.54 Å². The molecule has 15 heavy (non-hydrogen) atoms. The van der Waals surface area contributed by atoms with E-state index >= 15 is 0 Å². The molecular formula is C10H13N5. The fourth-order valence-corrected chi connectivity index (χ4v) is 1.29. The van der Waals surface area contributed by atoms with Gasteiger partial charge in [0.05, 0.1) is 6.54 Å². The van der Waals surface area contributed by atoms with Gasteiger partial charge in [-0.05, 0) is 17.7 Å². The molecule has 0 fully saturated rings. The molecule has 0 amide bonds. The maximum atomic E-state index is 5.54. The van der Waals surface area contributed by atoms with Gasteiger partial charge in [0.2, 0.25) is 0 Å².